The molecule has 2 aromatic carbocycles. The second-order valence-electron chi connectivity index (χ2n) is 7.00. The summed E-state index contributed by atoms with van der Waals surface area (Å²) in [6.07, 6.45) is 1.45. The van der Waals surface area contributed by atoms with Crippen molar-refractivity contribution in [2.45, 2.75) is 12.1 Å². The molecule has 4 aromatic rings. The molecule has 11 heteroatoms. The number of aromatic amines is 1. The van der Waals surface area contributed by atoms with Gasteiger partial charge in [0.15, 0.2) is 10.8 Å². The molecule has 0 aliphatic heterocycles. The summed E-state index contributed by atoms with van der Waals surface area (Å²) in [5, 5.41) is 7.65. The number of hydrogen-bond donors (Lipinski definition) is 2. The standard InChI is InChI=1S/C23H21N5O5S/c1-3-33-22(31)14-4-6-15(7-5-14)25-19(29)13-34-23-26-20-18(21(30)27-23)12-24-28(20)16-8-10-17(32-2)11-9-16/h4-12H,3,13H2,1-2H3,(H,25,29)(H,26,27,30). The summed E-state index contributed by atoms with van der Waals surface area (Å²) in [4.78, 5) is 43.8. The normalized spacial score (nSPS) is 10.8. The topological polar surface area (TPSA) is 128 Å². The number of thioether (sulfide) groups is 1. The van der Waals surface area contributed by atoms with E-state index in [1.807, 2.05) is 12.1 Å². The van der Waals surface area contributed by atoms with Crippen LogP contribution in [0.25, 0.3) is 16.7 Å². The monoisotopic (exact) mass is 479 g/mol. The lowest BCUT2D eigenvalue weighted by Gasteiger charge is -2.07. The summed E-state index contributed by atoms with van der Waals surface area (Å²) in [5.41, 5.74) is 1.69. The predicted octanol–water partition coefficient (Wildman–Crippen LogP) is 3.02. The van der Waals surface area contributed by atoms with Gasteiger partial charge >= 0.3 is 5.97 Å². The van der Waals surface area contributed by atoms with Gasteiger partial charge in [-0.2, -0.15) is 5.10 Å². The van der Waals surface area contributed by atoms with Crippen molar-refractivity contribution >= 4 is 40.4 Å². The Morgan fingerprint density at radius 3 is 2.53 bits per heavy atom. The largest absolute Gasteiger partial charge is 0.497 e. The predicted molar refractivity (Wildman–Crippen MR) is 128 cm³/mol. The highest BCUT2D eigenvalue weighted by atomic mass is 32.2. The Hall–Kier alpha value is -4.12. The van der Waals surface area contributed by atoms with Crippen molar-refractivity contribution in [3.63, 3.8) is 0 Å². The Bertz CT molecular complexity index is 1380. The summed E-state index contributed by atoms with van der Waals surface area (Å²) in [7, 11) is 1.58. The van der Waals surface area contributed by atoms with Crippen LogP contribution in [0.15, 0.2) is 64.7 Å². The van der Waals surface area contributed by atoms with E-state index < -0.39 is 5.97 Å². The molecule has 2 N–H and O–H groups in total. The number of H-pyrrole nitrogens is 1. The first-order valence-corrected chi connectivity index (χ1v) is 11.3. The molecule has 0 aliphatic carbocycles. The number of esters is 1. The molecule has 0 fully saturated rings. The van der Waals surface area contributed by atoms with Gasteiger partial charge in [0.1, 0.15) is 11.1 Å². The van der Waals surface area contributed by atoms with Crippen LogP contribution in [-0.2, 0) is 9.53 Å². The number of benzene rings is 2. The van der Waals surface area contributed by atoms with E-state index in [1.165, 1.54) is 6.20 Å². The quantitative estimate of drug-likeness (QED) is 0.224. The number of methoxy groups -OCH3 is 1. The van der Waals surface area contributed by atoms with E-state index in [9.17, 15) is 14.4 Å². The minimum atomic E-state index is -0.421. The maximum absolute atomic E-state index is 12.5. The molecule has 1 amide bonds. The van der Waals surface area contributed by atoms with E-state index >= 15 is 0 Å². The first-order chi connectivity index (χ1) is 16.5. The molecule has 0 bridgehead atoms. The molecular formula is C23H21N5O5S. The Kier molecular flexibility index (Phi) is 6.93. The van der Waals surface area contributed by atoms with Crippen molar-refractivity contribution in [2.75, 3.05) is 24.8 Å². The van der Waals surface area contributed by atoms with Crippen molar-refractivity contribution in [1.82, 2.24) is 19.7 Å². The van der Waals surface area contributed by atoms with E-state index in [2.05, 4.69) is 20.4 Å². The Labute approximate surface area is 198 Å². The van der Waals surface area contributed by atoms with Crippen molar-refractivity contribution in [1.29, 1.82) is 0 Å². The molecule has 0 atom stereocenters. The Balaban J connectivity index is 1.45. The van der Waals surface area contributed by atoms with Crippen LogP contribution >= 0.6 is 11.8 Å². The third-order valence-corrected chi connectivity index (χ3v) is 5.63. The molecule has 0 saturated heterocycles. The zero-order valence-corrected chi connectivity index (χ0v) is 19.2. The van der Waals surface area contributed by atoms with Crippen LogP contribution in [0.3, 0.4) is 0 Å². The molecule has 2 aromatic heterocycles. The van der Waals surface area contributed by atoms with Crippen LogP contribution in [0.4, 0.5) is 5.69 Å². The second-order valence-corrected chi connectivity index (χ2v) is 7.96. The smallest absolute Gasteiger partial charge is 0.338 e. The van der Waals surface area contributed by atoms with Gasteiger partial charge in [0.05, 0.1) is 36.9 Å². The number of carbonyl (C=O) groups is 2. The lowest BCUT2D eigenvalue weighted by atomic mass is 10.2. The van der Waals surface area contributed by atoms with Crippen molar-refractivity contribution < 1.29 is 19.1 Å². The zero-order chi connectivity index (χ0) is 24.1. The molecule has 0 unspecified atom stereocenters. The van der Waals surface area contributed by atoms with Crippen LogP contribution in [0.2, 0.25) is 0 Å². The number of amides is 1. The third kappa shape index (κ3) is 5.09. The lowest BCUT2D eigenvalue weighted by Crippen LogP contribution is -2.16. The minimum Gasteiger partial charge on any atom is -0.497 e. The van der Waals surface area contributed by atoms with Gasteiger partial charge < -0.3 is 19.8 Å². The van der Waals surface area contributed by atoms with Gasteiger partial charge in [0.2, 0.25) is 5.91 Å². The summed E-state index contributed by atoms with van der Waals surface area (Å²) in [6.45, 7) is 2.02. The van der Waals surface area contributed by atoms with Crippen LogP contribution in [0, 0.1) is 0 Å². The van der Waals surface area contributed by atoms with Gasteiger partial charge in [-0.15, -0.1) is 0 Å². The minimum absolute atomic E-state index is 0.0186. The van der Waals surface area contributed by atoms with E-state index in [1.54, 1.807) is 55.1 Å². The molecule has 0 saturated carbocycles. The number of carbonyl (C=O) groups excluding carboxylic acids is 2. The third-order valence-electron chi connectivity index (χ3n) is 4.75. The first kappa shape index (κ1) is 23.1. The lowest BCUT2D eigenvalue weighted by molar-refractivity contribution is -0.113. The van der Waals surface area contributed by atoms with Crippen molar-refractivity contribution in [3.05, 3.63) is 70.6 Å². The van der Waals surface area contributed by atoms with Crippen LogP contribution in [-0.4, -0.2) is 51.1 Å². The number of nitrogens with zero attached hydrogens (tertiary/aromatic N) is 3. The van der Waals surface area contributed by atoms with Gasteiger partial charge in [0.25, 0.3) is 5.56 Å². The van der Waals surface area contributed by atoms with Crippen molar-refractivity contribution in [3.8, 4) is 11.4 Å². The average molecular weight is 480 g/mol. The van der Waals surface area contributed by atoms with Gasteiger partial charge in [-0.3, -0.25) is 9.59 Å². The van der Waals surface area contributed by atoms with Gasteiger partial charge in [-0.05, 0) is 55.5 Å². The average Bonchev–Trinajstić information content (AvgIpc) is 3.28. The molecule has 2 heterocycles. The SMILES string of the molecule is CCOC(=O)c1ccc(NC(=O)CSc2nc3c(cnn3-c3ccc(OC)cc3)c(=O)[nH]2)cc1. The molecule has 10 nitrogen and oxygen atoms in total. The Morgan fingerprint density at radius 2 is 1.85 bits per heavy atom. The number of ether oxygens (including phenoxy) is 2. The number of anilines is 1. The Morgan fingerprint density at radius 1 is 1.12 bits per heavy atom. The maximum atomic E-state index is 12.5. The first-order valence-electron chi connectivity index (χ1n) is 10.3. The van der Waals surface area contributed by atoms with Gasteiger partial charge in [0, 0.05) is 5.69 Å². The molecular weight excluding hydrogens is 458 g/mol. The highest BCUT2D eigenvalue weighted by Gasteiger charge is 2.14. The number of rotatable bonds is 8. The van der Waals surface area contributed by atoms with Crippen LogP contribution in [0.1, 0.15) is 17.3 Å². The summed E-state index contributed by atoms with van der Waals surface area (Å²) in [6, 6.07) is 13.6. The van der Waals surface area contributed by atoms with Gasteiger partial charge in [-0.25, -0.2) is 14.5 Å². The fourth-order valence-corrected chi connectivity index (χ4v) is 3.77. The number of fused-ring (bicyclic) bond motifs is 1. The van der Waals surface area contributed by atoms with E-state index in [0.29, 0.717) is 38.9 Å². The highest BCUT2D eigenvalue weighted by molar-refractivity contribution is 7.99. The van der Waals surface area contributed by atoms with Crippen molar-refractivity contribution in [2.24, 2.45) is 0 Å². The number of nitrogens with one attached hydrogen (secondary N) is 2. The molecule has 0 radical (unpaired) electrons. The van der Waals surface area contributed by atoms with Gasteiger partial charge in [-0.1, -0.05) is 11.8 Å². The number of hydrogen-bond acceptors (Lipinski definition) is 8. The van der Waals surface area contributed by atoms with Crippen LogP contribution < -0.4 is 15.6 Å². The summed E-state index contributed by atoms with van der Waals surface area (Å²) >= 11 is 1.09. The van der Waals surface area contributed by atoms with E-state index in [-0.39, 0.29) is 23.8 Å². The summed E-state index contributed by atoms with van der Waals surface area (Å²) < 4.78 is 11.7. The molecule has 4 rings (SSSR count). The van der Waals surface area contributed by atoms with E-state index in [4.69, 9.17) is 9.47 Å². The highest BCUT2D eigenvalue weighted by Crippen LogP contribution is 2.20. The fraction of sp³-hybridized carbons (Fsp3) is 0.174. The summed E-state index contributed by atoms with van der Waals surface area (Å²) in [5.74, 6) is 0.00409. The molecule has 0 aliphatic rings. The molecule has 34 heavy (non-hydrogen) atoms. The van der Waals surface area contributed by atoms with E-state index in [0.717, 1.165) is 11.8 Å². The maximum Gasteiger partial charge on any atom is 0.338 e. The second kappa shape index (κ2) is 10.2. The van der Waals surface area contributed by atoms with Crippen LogP contribution in [0.5, 0.6) is 5.75 Å². The zero-order valence-electron chi connectivity index (χ0n) is 18.4. The fourth-order valence-electron chi connectivity index (χ4n) is 3.11. The molecule has 0 spiro atoms. The number of aromatic nitrogens is 4. The molecule has 174 valence electrons.